The quantitative estimate of drug-likeness (QED) is 0.798. The Hall–Kier alpha value is -0.970. The van der Waals surface area contributed by atoms with Crippen LogP contribution in [-0.2, 0) is 11.3 Å². The highest BCUT2D eigenvalue weighted by molar-refractivity contribution is 7.80. The summed E-state index contributed by atoms with van der Waals surface area (Å²) in [6, 6.07) is 11.7. The fourth-order valence-electron chi connectivity index (χ4n) is 3.41. The van der Waals surface area contributed by atoms with E-state index in [0.29, 0.717) is 12.1 Å². The van der Waals surface area contributed by atoms with Crippen molar-refractivity contribution in [3.8, 4) is 0 Å². The number of thiocarbonyl (C=S) groups is 1. The molecule has 2 fully saturated rings. The van der Waals surface area contributed by atoms with Crippen molar-refractivity contribution in [1.29, 1.82) is 0 Å². The van der Waals surface area contributed by atoms with Crippen molar-refractivity contribution in [3.63, 3.8) is 0 Å². The molecule has 0 amide bonds. The van der Waals surface area contributed by atoms with Gasteiger partial charge in [0.05, 0.1) is 18.2 Å². The second-order valence-corrected chi connectivity index (χ2v) is 6.57. The predicted molar refractivity (Wildman–Crippen MR) is 89.5 cm³/mol. The molecule has 2 saturated heterocycles. The van der Waals surface area contributed by atoms with Crippen LogP contribution >= 0.6 is 12.2 Å². The van der Waals surface area contributed by atoms with Crippen LogP contribution in [0.1, 0.15) is 25.3 Å². The molecule has 0 radical (unpaired) electrons. The minimum atomic E-state index is 0.513. The van der Waals surface area contributed by atoms with Gasteiger partial charge in [-0.25, -0.2) is 0 Å². The van der Waals surface area contributed by atoms with Gasteiger partial charge in [0.1, 0.15) is 0 Å². The number of hydrogen-bond acceptors (Lipinski definition) is 3. The first-order valence-corrected chi connectivity index (χ1v) is 8.30. The summed E-state index contributed by atoms with van der Waals surface area (Å²) in [6.07, 6.45) is 2.22. The highest BCUT2D eigenvalue weighted by Gasteiger charge is 2.32. The third-order valence-corrected chi connectivity index (χ3v) is 5.03. The topological polar surface area (TPSA) is 15.7 Å². The molecular formula is C17H24N2OS. The van der Waals surface area contributed by atoms with Gasteiger partial charge in [0, 0.05) is 38.1 Å². The molecule has 1 aromatic carbocycles. The zero-order valence-corrected chi connectivity index (χ0v) is 13.5. The van der Waals surface area contributed by atoms with Gasteiger partial charge in [0.25, 0.3) is 0 Å². The van der Waals surface area contributed by atoms with Crippen LogP contribution < -0.4 is 0 Å². The predicted octanol–water partition coefficient (Wildman–Crippen LogP) is 2.70. The zero-order chi connectivity index (χ0) is 14.7. The van der Waals surface area contributed by atoms with Crippen LogP contribution in [0.2, 0.25) is 0 Å². The largest absolute Gasteiger partial charge is 0.379 e. The summed E-state index contributed by atoms with van der Waals surface area (Å²) in [6.45, 7) is 7.09. The van der Waals surface area contributed by atoms with Gasteiger partial charge in [-0.15, -0.1) is 0 Å². The lowest BCUT2D eigenvalue weighted by Gasteiger charge is -2.44. The first-order valence-electron chi connectivity index (χ1n) is 7.89. The van der Waals surface area contributed by atoms with E-state index in [4.69, 9.17) is 17.0 Å². The Kier molecular flexibility index (Phi) is 4.88. The van der Waals surface area contributed by atoms with Gasteiger partial charge in [-0.3, -0.25) is 4.90 Å². The van der Waals surface area contributed by atoms with Crippen LogP contribution in [-0.4, -0.2) is 53.2 Å². The number of rotatable bonds is 3. The average Bonchev–Trinajstić information content (AvgIpc) is 2.52. The fourth-order valence-corrected chi connectivity index (χ4v) is 3.85. The maximum Gasteiger partial charge on any atom is 0.0800 e. The molecular weight excluding hydrogens is 280 g/mol. The molecule has 0 aromatic heterocycles. The molecule has 4 heteroatoms. The lowest BCUT2D eigenvalue weighted by atomic mass is 9.95. The molecule has 2 aliphatic heterocycles. The first kappa shape index (κ1) is 14.9. The summed E-state index contributed by atoms with van der Waals surface area (Å²) in [5.74, 6) is 0. The lowest BCUT2D eigenvalue weighted by Crippen LogP contribution is -2.53. The standard InChI is InChI=1S/C17H24N2OS/c1-14-11-16(18-7-9-20-10-8-18)12-17(21)19(14)13-15-5-3-2-4-6-15/h2-6,14,16H,7-13H2,1H3/t14-,16-/m1/s1. The number of hydrogen-bond donors (Lipinski definition) is 0. The molecule has 2 aliphatic rings. The highest BCUT2D eigenvalue weighted by Crippen LogP contribution is 2.26. The molecule has 0 bridgehead atoms. The van der Waals surface area contributed by atoms with E-state index in [0.717, 1.165) is 44.3 Å². The summed E-state index contributed by atoms with van der Waals surface area (Å²) >= 11 is 5.72. The highest BCUT2D eigenvalue weighted by atomic mass is 32.1. The van der Waals surface area contributed by atoms with Gasteiger partial charge >= 0.3 is 0 Å². The second kappa shape index (κ2) is 6.86. The van der Waals surface area contributed by atoms with E-state index in [9.17, 15) is 0 Å². The second-order valence-electron chi connectivity index (χ2n) is 6.10. The Morgan fingerprint density at radius 2 is 1.90 bits per heavy atom. The van der Waals surface area contributed by atoms with Crippen molar-refractivity contribution < 1.29 is 4.74 Å². The first-order chi connectivity index (χ1) is 10.2. The van der Waals surface area contributed by atoms with Gasteiger partial charge in [0.15, 0.2) is 0 Å². The normalized spacial score (nSPS) is 27.9. The minimum absolute atomic E-state index is 0.513. The van der Waals surface area contributed by atoms with Gasteiger partial charge in [0.2, 0.25) is 0 Å². The van der Waals surface area contributed by atoms with E-state index >= 15 is 0 Å². The number of benzene rings is 1. The number of ether oxygens (including phenoxy) is 1. The minimum Gasteiger partial charge on any atom is -0.379 e. The smallest absolute Gasteiger partial charge is 0.0800 e. The number of likely N-dealkylation sites (tertiary alicyclic amines) is 1. The van der Waals surface area contributed by atoms with Crippen molar-refractivity contribution in [2.24, 2.45) is 0 Å². The molecule has 2 heterocycles. The van der Waals surface area contributed by atoms with Crippen LogP contribution in [0.15, 0.2) is 30.3 Å². The van der Waals surface area contributed by atoms with Crippen LogP contribution in [0.3, 0.4) is 0 Å². The maximum atomic E-state index is 5.72. The van der Waals surface area contributed by atoms with Crippen LogP contribution in [0.4, 0.5) is 0 Å². The molecule has 0 unspecified atom stereocenters. The van der Waals surface area contributed by atoms with Crippen molar-refractivity contribution in [1.82, 2.24) is 9.80 Å². The van der Waals surface area contributed by atoms with E-state index in [1.54, 1.807) is 0 Å². The SMILES string of the molecule is C[C@@H]1C[C@@H](N2CCOCC2)CC(=S)N1Cc1ccccc1. The summed E-state index contributed by atoms with van der Waals surface area (Å²) in [5.41, 5.74) is 1.34. The Bertz CT molecular complexity index is 473. The Labute approximate surface area is 132 Å². The van der Waals surface area contributed by atoms with Crippen molar-refractivity contribution >= 4 is 17.2 Å². The van der Waals surface area contributed by atoms with Crippen LogP contribution in [0.25, 0.3) is 0 Å². The summed E-state index contributed by atoms with van der Waals surface area (Å²) < 4.78 is 5.46. The number of morpholine rings is 1. The fraction of sp³-hybridized carbons (Fsp3) is 0.588. The van der Waals surface area contributed by atoms with E-state index < -0.39 is 0 Å². The third-order valence-electron chi connectivity index (χ3n) is 4.63. The molecule has 0 aliphatic carbocycles. The van der Waals surface area contributed by atoms with Gasteiger partial charge in [-0.1, -0.05) is 42.5 Å². The zero-order valence-electron chi connectivity index (χ0n) is 12.7. The Morgan fingerprint density at radius 3 is 2.57 bits per heavy atom. The van der Waals surface area contributed by atoms with Gasteiger partial charge in [-0.2, -0.15) is 0 Å². The maximum absolute atomic E-state index is 5.72. The molecule has 3 rings (SSSR count). The third kappa shape index (κ3) is 3.62. The van der Waals surface area contributed by atoms with Gasteiger partial charge < -0.3 is 9.64 Å². The van der Waals surface area contributed by atoms with E-state index in [-0.39, 0.29) is 0 Å². The Balaban J connectivity index is 1.63. The van der Waals surface area contributed by atoms with Crippen LogP contribution in [0.5, 0.6) is 0 Å². The lowest BCUT2D eigenvalue weighted by molar-refractivity contribution is 0.00778. The van der Waals surface area contributed by atoms with Crippen LogP contribution in [0, 0.1) is 0 Å². The molecule has 0 spiro atoms. The van der Waals surface area contributed by atoms with Crippen molar-refractivity contribution in [3.05, 3.63) is 35.9 Å². The molecule has 1 aromatic rings. The summed E-state index contributed by atoms with van der Waals surface area (Å²) in [4.78, 5) is 6.09. The molecule has 3 nitrogen and oxygen atoms in total. The molecule has 21 heavy (non-hydrogen) atoms. The molecule has 2 atom stereocenters. The average molecular weight is 304 g/mol. The number of piperidine rings is 1. The molecule has 0 saturated carbocycles. The molecule has 0 N–H and O–H groups in total. The summed E-state index contributed by atoms with van der Waals surface area (Å²) in [5, 5.41) is 0. The summed E-state index contributed by atoms with van der Waals surface area (Å²) in [7, 11) is 0. The van der Waals surface area contributed by atoms with E-state index in [1.165, 1.54) is 12.0 Å². The Morgan fingerprint density at radius 1 is 1.19 bits per heavy atom. The van der Waals surface area contributed by atoms with Crippen molar-refractivity contribution in [2.75, 3.05) is 26.3 Å². The van der Waals surface area contributed by atoms with E-state index in [2.05, 4.69) is 47.1 Å². The number of nitrogens with zero attached hydrogens (tertiary/aromatic N) is 2. The monoisotopic (exact) mass is 304 g/mol. The van der Waals surface area contributed by atoms with E-state index in [1.807, 2.05) is 0 Å². The molecule has 114 valence electrons. The van der Waals surface area contributed by atoms with Crippen molar-refractivity contribution in [2.45, 2.75) is 38.4 Å². The van der Waals surface area contributed by atoms with Gasteiger partial charge in [-0.05, 0) is 18.9 Å².